The zero-order valence-corrected chi connectivity index (χ0v) is 5.28. The van der Waals surface area contributed by atoms with Crippen LogP contribution >= 0.6 is 0 Å². The van der Waals surface area contributed by atoms with E-state index in [1.165, 1.54) is 13.8 Å². The summed E-state index contributed by atoms with van der Waals surface area (Å²) in [6, 6.07) is 0. The quantitative estimate of drug-likeness (QED) is 0.565. The lowest BCUT2D eigenvalue weighted by Gasteiger charge is -2.11. The Morgan fingerprint density at radius 3 is 2.25 bits per heavy atom. The fourth-order valence-corrected chi connectivity index (χ4v) is 0.302. The molecule has 0 fully saturated rings. The average molecular weight is 121 g/mol. The largest absolute Gasteiger partial charge is 0.305 e. The van der Waals surface area contributed by atoms with E-state index in [0.29, 0.717) is 6.42 Å². The van der Waals surface area contributed by atoms with Gasteiger partial charge in [-0.1, -0.05) is 0 Å². The van der Waals surface area contributed by atoms with Crippen molar-refractivity contribution in [2.75, 3.05) is 6.61 Å². The second-order valence-corrected chi connectivity index (χ2v) is 2.34. The second-order valence-electron chi connectivity index (χ2n) is 2.34. The van der Waals surface area contributed by atoms with E-state index >= 15 is 0 Å². The zero-order chi connectivity index (χ0) is 6.62. The molecule has 0 amide bonds. The standard InChI is InChI=1S/C5H12FNO/c1-5(2,6)3-4-8-7/h3-4,7H2,1-2H3. The van der Waals surface area contributed by atoms with Crippen LogP contribution in [-0.2, 0) is 4.84 Å². The highest BCUT2D eigenvalue weighted by molar-refractivity contribution is 4.63. The van der Waals surface area contributed by atoms with Crippen LogP contribution in [0.25, 0.3) is 0 Å². The summed E-state index contributed by atoms with van der Waals surface area (Å²) in [5, 5.41) is 0. The molecule has 50 valence electrons. The van der Waals surface area contributed by atoms with E-state index < -0.39 is 5.67 Å². The van der Waals surface area contributed by atoms with Gasteiger partial charge < -0.3 is 4.84 Å². The van der Waals surface area contributed by atoms with Gasteiger partial charge in [0, 0.05) is 6.42 Å². The Labute approximate surface area is 48.8 Å². The van der Waals surface area contributed by atoms with E-state index in [1.54, 1.807) is 0 Å². The number of hydrogen-bond donors (Lipinski definition) is 1. The number of nitrogens with two attached hydrogens (primary N) is 1. The third kappa shape index (κ3) is 5.85. The van der Waals surface area contributed by atoms with E-state index in [2.05, 4.69) is 10.7 Å². The van der Waals surface area contributed by atoms with Gasteiger partial charge in [0.05, 0.1) is 6.61 Å². The molecule has 0 rings (SSSR count). The predicted octanol–water partition coefficient (Wildman–Crippen LogP) is 1.01. The molecule has 2 N–H and O–H groups in total. The van der Waals surface area contributed by atoms with Crippen LogP contribution in [0.4, 0.5) is 4.39 Å². The van der Waals surface area contributed by atoms with Crippen molar-refractivity contribution in [3.05, 3.63) is 0 Å². The van der Waals surface area contributed by atoms with E-state index in [1.807, 2.05) is 0 Å². The van der Waals surface area contributed by atoms with Gasteiger partial charge in [-0.05, 0) is 13.8 Å². The molecule has 0 aromatic rings. The van der Waals surface area contributed by atoms with Crippen molar-refractivity contribution in [2.24, 2.45) is 5.90 Å². The van der Waals surface area contributed by atoms with Gasteiger partial charge in [-0.3, -0.25) is 0 Å². The Balaban J connectivity index is 3.11. The normalized spacial score (nSPS) is 12.0. The van der Waals surface area contributed by atoms with Crippen LogP contribution in [-0.4, -0.2) is 12.3 Å². The van der Waals surface area contributed by atoms with Crippen LogP contribution in [0.1, 0.15) is 20.3 Å². The van der Waals surface area contributed by atoms with Crippen LogP contribution < -0.4 is 5.90 Å². The lowest BCUT2D eigenvalue weighted by molar-refractivity contribution is 0.0866. The molecule has 0 aliphatic heterocycles. The summed E-state index contributed by atoms with van der Waals surface area (Å²) >= 11 is 0. The molecule has 0 saturated carbocycles. The lowest BCUT2D eigenvalue weighted by Crippen LogP contribution is -2.16. The predicted molar refractivity (Wildman–Crippen MR) is 29.9 cm³/mol. The zero-order valence-electron chi connectivity index (χ0n) is 5.28. The molecule has 0 heterocycles. The van der Waals surface area contributed by atoms with Gasteiger partial charge in [0.1, 0.15) is 5.67 Å². The van der Waals surface area contributed by atoms with Gasteiger partial charge >= 0.3 is 0 Å². The van der Waals surface area contributed by atoms with Crippen molar-refractivity contribution in [2.45, 2.75) is 25.9 Å². The van der Waals surface area contributed by atoms with E-state index in [4.69, 9.17) is 0 Å². The first-order chi connectivity index (χ1) is 3.56. The molecule has 0 aliphatic carbocycles. The summed E-state index contributed by atoms with van der Waals surface area (Å²) in [6.07, 6.45) is 0.351. The fourth-order valence-electron chi connectivity index (χ4n) is 0.302. The minimum Gasteiger partial charge on any atom is -0.305 e. The van der Waals surface area contributed by atoms with Crippen molar-refractivity contribution in [3.63, 3.8) is 0 Å². The highest BCUT2D eigenvalue weighted by Crippen LogP contribution is 2.12. The maximum Gasteiger partial charge on any atom is 0.107 e. The third-order valence-corrected chi connectivity index (χ3v) is 0.814. The van der Waals surface area contributed by atoms with E-state index in [9.17, 15) is 4.39 Å². The molecular weight excluding hydrogens is 109 g/mol. The van der Waals surface area contributed by atoms with Crippen molar-refractivity contribution in [1.29, 1.82) is 0 Å². The van der Waals surface area contributed by atoms with E-state index in [-0.39, 0.29) is 6.61 Å². The Hall–Kier alpha value is -0.150. The van der Waals surface area contributed by atoms with Crippen LogP contribution in [0.3, 0.4) is 0 Å². The molecule has 0 aliphatic rings. The first kappa shape index (κ1) is 7.85. The molecule has 0 unspecified atom stereocenters. The van der Waals surface area contributed by atoms with E-state index in [0.717, 1.165) is 0 Å². The summed E-state index contributed by atoms with van der Waals surface area (Å²) < 4.78 is 12.4. The van der Waals surface area contributed by atoms with Gasteiger partial charge in [0.25, 0.3) is 0 Å². The van der Waals surface area contributed by atoms with Gasteiger partial charge in [-0.15, -0.1) is 0 Å². The Kier molecular flexibility index (Phi) is 2.94. The molecule has 0 atom stereocenters. The molecule has 3 heteroatoms. The Bertz CT molecular complexity index is 59.9. The van der Waals surface area contributed by atoms with Crippen LogP contribution in [0.2, 0.25) is 0 Å². The third-order valence-electron chi connectivity index (χ3n) is 0.814. The molecule has 0 aromatic heterocycles. The van der Waals surface area contributed by atoms with Crippen LogP contribution in [0, 0.1) is 0 Å². The summed E-state index contributed by atoms with van der Waals surface area (Å²) in [5.41, 5.74) is -1.15. The number of rotatable bonds is 3. The van der Waals surface area contributed by atoms with Crippen LogP contribution in [0.5, 0.6) is 0 Å². The number of alkyl halides is 1. The maximum atomic E-state index is 12.4. The molecule has 0 bridgehead atoms. The molecule has 0 aromatic carbocycles. The maximum absolute atomic E-state index is 12.4. The SMILES string of the molecule is CC(C)(F)CCON. The summed E-state index contributed by atoms with van der Waals surface area (Å²) in [7, 11) is 0. The second kappa shape index (κ2) is 2.99. The van der Waals surface area contributed by atoms with Gasteiger partial charge in [0.2, 0.25) is 0 Å². The highest BCUT2D eigenvalue weighted by Gasteiger charge is 2.13. The summed E-state index contributed by atoms with van der Waals surface area (Å²) in [4.78, 5) is 4.18. The van der Waals surface area contributed by atoms with Crippen molar-refractivity contribution >= 4 is 0 Å². The fraction of sp³-hybridized carbons (Fsp3) is 1.00. The highest BCUT2D eigenvalue weighted by atomic mass is 19.1. The minimum atomic E-state index is -1.15. The molecule has 0 radical (unpaired) electrons. The Morgan fingerprint density at radius 2 is 2.12 bits per heavy atom. The molecular formula is C5H12FNO. The summed E-state index contributed by atoms with van der Waals surface area (Å²) in [6.45, 7) is 3.27. The first-order valence-electron chi connectivity index (χ1n) is 2.57. The number of halogens is 1. The lowest BCUT2D eigenvalue weighted by atomic mass is 10.1. The molecule has 0 saturated heterocycles. The smallest absolute Gasteiger partial charge is 0.107 e. The minimum absolute atomic E-state index is 0.281. The molecule has 2 nitrogen and oxygen atoms in total. The number of hydrogen-bond acceptors (Lipinski definition) is 2. The topological polar surface area (TPSA) is 35.2 Å². The Morgan fingerprint density at radius 1 is 1.62 bits per heavy atom. The van der Waals surface area contributed by atoms with Gasteiger partial charge in [-0.2, -0.15) is 0 Å². The monoisotopic (exact) mass is 121 g/mol. The van der Waals surface area contributed by atoms with Crippen molar-refractivity contribution in [1.82, 2.24) is 0 Å². The molecule has 0 spiro atoms. The average Bonchev–Trinajstić information content (AvgIpc) is 1.59. The van der Waals surface area contributed by atoms with Gasteiger partial charge in [0.15, 0.2) is 0 Å². The molecule has 8 heavy (non-hydrogen) atoms. The van der Waals surface area contributed by atoms with Crippen molar-refractivity contribution < 1.29 is 9.23 Å². The van der Waals surface area contributed by atoms with Crippen molar-refractivity contribution in [3.8, 4) is 0 Å². The first-order valence-corrected chi connectivity index (χ1v) is 2.57. The summed E-state index contributed by atoms with van der Waals surface area (Å²) in [5.74, 6) is 4.67. The van der Waals surface area contributed by atoms with Gasteiger partial charge in [-0.25, -0.2) is 10.3 Å². The van der Waals surface area contributed by atoms with Crippen LogP contribution in [0.15, 0.2) is 0 Å².